The molecule has 2 aromatic rings. The molecule has 3 atom stereocenters. The fourth-order valence-corrected chi connectivity index (χ4v) is 4.41. The van der Waals surface area contributed by atoms with Gasteiger partial charge in [-0.25, -0.2) is 0 Å². The van der Waals surface area contributed by atoms with Gasteiger partial charge in [0.1, 0.15) is 0 Å². The first kappa shape index (κ1) is 17.2. The number of hydrogen-bond acceptors (Lipinski definition) is 4. The van der Waals surface area contributed by atoms with Gasteiger partial charge in [-0.3, -0.25) is 14.7 Å². The second-order valence-corrected chi connectivity index (χ2v) is 7.21. The summed E-state index contributed by atoms with van der Waals surface area (Å²) in [5.74, 6) is 0.497. The van der Waals surface area contributed by atoms with E-state index in [2.05, 4.69) is 20.9 Å². The maximum absolute atomic E-state index is 13.1. The van der Waals surface area contributed by atoms with E-state index in [0.717, 1.165) is 38.2 Å². The molecule has 0 bridgehead atoms. The Bertz CT molecular complexity index is 737. The molecular weight excluding hydrogens is 326 g/mol. The van der Waals surface area contributed by atoms with Crippen molar-refractivity contribution in [2.24, 2.45) is 5.92 Å². The predicted octanol–water partition coefficient (Wildman–Crippen LogP) is 2.44. The number of rotatable bonds is 4. The van der Waals surface area contributed by atoms with Gasteiger partial charge in [0.2, 0.25) is 0 Å². The van der Waals surface area contributed by atoms with Crippen molar-refractivity contribution in [3.63, 3.8) is 0 Å². The molecule has 136 valence electrons. The maximum Gasteiger partial charge on any atom is 0.254 e. The summed E-state index contributed by atoms with van der Waals surface area (Å²) in [6.45, 7) is 3.47. The van der Waals surface area contributed by atoms with Gasteiger partial charge in [-0.2, -0.15) is 0 Å². The molecule has 0 N–H and O–H groups in total. The monoisotopic (exact) mass is 351 g/mol. The van der Waals surface area contributed by atoms with Crippen LogP contribution >= 0.6 is 0 Å². The Morgan fingerprint density at radius 3 is 2.77 bits per heavy atom. The Kier molecular flexibility index (Phi) is 5.00. The summed E-state index contributed by atoms with van der Waals surface area (Å²) in [6.07, 6.45) is 4.84. The van der Waals surface area contributed by atoms with Gasteiger partial charge in [-0.1, -0.05) is 24.3 Å². The van der Waals surface area contributed by atoms with E-state index in [1.165, 1.54) is 5.56 Å². The molecule has 4 rings (SSSR count). The Morgan fingerprint density at radius 2 is 2.04 bits per heavy atom. The quantitative estimate of drug-likeness (QED) is 0.849. The van der Waals surface area contributed by atoms with Crippen LogP contribution in [0, 0.1) is 5.92 Å². The van der Waals surface area contributed by atoms with Gasteiger partial charge >= 0.3 is 0 Å². The van der Waals surface area contributed by atoms with Gasteiger partial charge in [-0.05, 0) is 30.2 Å². The van der Waals surface area contributed by atoms with Crippen molar-refractivity contribution in [2.45, 2.75) is 25.1 Å². The van der Waals surface area contributed by atoms with E-state index in [1.807, 2.05) is 42.6 Å². The molecule has 0 spiro atoms. The zero-order valence-corrected chi connectivity index (χ0v) is 15.1. The van der Waals surface area contributed by atoms with E-state index in [-0.39, 0.29) is 18.1 Å². The lowest BCUT2D eigenvalue weighted by atomic mass is 9.88. The van der Waals surface area contributed by atoms with E-state index in [4.69, 9.17) is 4.74 Å². The third kappa shape index (κ3) is 3.37. The van der Waals surface area contributed by atoms with E-state index in [0.29, 0.717) is 5.92 Å². The van der Waals surface area contributed by atoms with E-state index in [9.17, 15) is 4.79 Å². The molecule has 5 nitrogen and oxygen atoms in total. The van der Waals surface area contributed by atoms with Crippen molar-refractivity contribution in [3.05, 3.63) is 66.0 Å². The second kappa shape index (κ2) is 7.56. The molecule has 26 heavy (non-hydrogen) atoms. The number of pyridine rings is 1. The number of likely N-dealkylation sites (tertiary alicyclic amines) is 2. The standard InChI is InChI=1S/C21H25N3O2/c1-26-20-9-11-24(21(25)17-7-3-2-4-8-17)19-15-23(14-18(19)20)13-16-6-5-10-22-12-16/h2-8,10,12,18-20H,9,11,13-15H2,1H3/t18-,19+,20-/m1/s1. The predicted molar refractivity (Wildman–Crippen MR) is 99.7 cm³/mol. The van der Waals surface area contributed by atoms with Crippen LogP contribution in [0.2, 0.25) is 0 Å². The number of nitrogens with zero attached hydrogens (tertiary/aromatic N) is 3. The Morgan fingerprint density at radius 1 is 1.19 bits per heavy atom. The number of hydrogen-bond donors (Lipinski definition) is 0. The van der Waals surface area contributed by atoms with Crippen molar-refractivity contribution in [2.75, 3.05) is 26.7 Å². The van der Waals surface area contributed by atoms with Crippen molar-refractivity contribution in [3.8, 4) is 0 Å². The lowest BCUT2D eigenvalue weighted by molar-refractivity contribution is -0.0156. The zero-order chi connectivity index (χ0) is 17.9. The molecule has 1 aromatic heterocycles. The number of benzene rings is 1. The van der Waals surface area contributed by atoms with Crippen LogP contribution in [0.15, 0.2) is 54.9 Å². The third-order valence-electron chi connectivity index (χ3n) is 5.65. The highest BCUT2D eigenvalue weighted by Gasteiger charge is 2.46. The van der Waals surface area contributed by atoms with Gasteiger partial charge < -0.3 is 9.64 Å². The summed E-state index contributed by atoms with van der Waals surface area (Å²) < 4.78 is 5.76. The molecule has 3 heterocycles. The molecule has 1 aromatic carbocycles. The fraction of sp³-hybridized carbons (Fsp3) is 0.429. The number of ether oxygens (including phenoxy) is 1. The first-order valence-corrected chi connectivity index (χ1v) is 9.26. The zero-order valence-electron chi connectivity index (χ0n) is 15.1. The highest BCUT2D eigenvalue weighted by molar-refractivity contribution is 5.94. The Hall–Kier alpha value is -2.24. The summed E-state index contributed by atoms with van der Waals surface area (Å²) >= 11 is 0. The van der Waals surface area contributed by atoms with Crippen LogP contribution in [-0.4, -0.2) is 59.6 Å². The average Bonchev–Trinajstić information content (AvgIpc) is 3.11. The van der Waals surface area contributed by atoms with Crippen molar-refractivity contribution in [1.82, 2.24) is 14.8 Å². The topological polar surface area (TPSA) is 45.7 Å². The number of carbonyl (C=O) groups excluding carboxylic acids is 1. The minimum Gasteiger partial charge on any atom is -0.381 e. The van der Waals surface area contributed by atoms with E-state index >= 15 is 0 Å². The minimum absolute atomic E-state index is 0.137. The molecule has 0 aliphatic carbocycles. The number of carbonyl (C=O) groups is 1. The van der Waals surface area contributed by atoms with Crippen LogP contribution in [0.25, 0.3) is 0 Å². The van der Waals surface area contributed by atoms with Crippen molar-refractivity contribution >= 4 is 5.91 Å². The largest absolute Gasteiger partial charge is 0.381 e. The molecular formula is C21H25N3O2. The summed E-state index contributed by atoms with van der Waals surface area (Å²) in [5, 5.41) is 0. The Labute approximate surface area is 154 Å². The molecule has 1 amide bonds. The fourth-order valence-electron chi connectivity index (χ4n) is 4.41. The minimum atomic E-state index is 0.137. The number of piperidine rings is 1. The van der Waals surface area contributed by atoms with E-state index in [1.54, 1.807) is 13.3 Å². The van der Waals surface area contributed by atoms with E-state index < -0.39 is 0 Å². The smallest absolute Gasteiger partial charge is 0.254 e. The van der Waals surface area contributed by atoms with Crippen molar-refractivity contribution in [1.29, 1.82) is 0 Å². The summed E-state index contributed by atoms with van der Waals surface area (Å²) in [6, 6.07) is 13.9. The lowest BCUT2D eigenvalue weighted by Crippen LogP contribution is -2.53. The number of fused-ring (bicyclic) bond motifs is 1. The third-order valence-corrected chi connectivity index (χ3v) is 5.65. The van der Waals surface area contributed by atoms with Crippen LogP contribution in [0.3, 0.4) is 0 Å². The van der Waals surface area contributed by atoms with Crippen LogP contribution in [-0.2, 0) is 11.3 Å². The van der Waals surface area contributed by atoms with Crippen LogP contribution in [0.5, 0.6) is 0 Å². The second-order valence-electron chi connectivity index (χ2n) is 7.21. The first-order chi connectivity index (χ1) is 12.8. The Balaban J connectivity index is 1.53. The highest BCUT2D eigenvalue weighted by atomic mass is 16.5. The molecule has 0 unspecified atom stereocenters. The molecule has 2 saturated heterocycles. The lowest BCUT2D eigenvalue weighted by Gasteiger charge is -2.41. The van der Waals surface area contributed by atoms with Gasteiger partial charge in [0.25, 0.3) is 5.91 Å². The van der Waals surface area contributed by atoms with Crippen LogP contribution in [0.4, 0.5) is 0 Å². The van der Waals surface area contributed by atoms with Crippen LogP contribution in [0.1, 0.15) is 22.3 Å². The molecule has 0 saturated carbocycles. The highest BCUT2D eigenvalue weighted by Crippen LogP contribution is 2.34. The molecule has 2 aliphatic rings. The van der Waals surface area contributed by atoms with Gasteiger partial charge in [0.05, 0.1) is 12.1 Å². The average molecular weight is 351 g/mol. The van der Waals surface area contributed by atoms with Gasteiger partial charge in [0, 0.05) is 57.2 Å². The van der Waals surface area contributed by atoms with Gasteiger partial charge in [-0.15, -0.1) is 0 Å². The molecule has 5 heteroatoms. The first-order valence-electron chi connectivity index (χ1n) is 9.26. The SMILES string of the molecule is CO[C@@H]1CCN(C(=O)c2ccccc2)[C@H]2CN(Cc3cccnc3)C[C@@H]12. The molecule has 2 aliphatic heterocycles. The number of amides is 1. The summed E-state index contributed by atoms with van der Waals surface area (Å²) in [4.78, 5) is 21.8. The van der Waals surface area contributed by atoms with Crippen molar-refractivity contribution < 1.29 is 9.53 Å². The molecule has 0 radical (unpaired) electrons. The number of aromatic nitrogens is 1. The molecule has 2 fully saturated rings. The normalized spacial score (nSPS) is 25.9. The maximum atomic E-state index is 13.1. The van der Waals surface area contributed by atoms with Crippen LogP contribution < -0.4 is 0 Å². The van der Waals surface area contributed by atoms with Gasteiger partial charge in [0.15, 0.2) is 0 Å². The summed E-state index contributed by atoms with van der Waals surface area (Å²) in [5.41, 5.74) is 1.98. The number of methoxy groups -OCH3 is 1. The summed E-state index contributed by atoms with van der Waals surface area (Å²) in [7, 11) is 1.79.